The van der Waals surface area contributed by atoms with Gasteiger partial charge >= 0.3 is 5.97 Å². The van der Waals surface area contributed by atoms with Gasteiger partial charge in [0.15, 0.2) is 0 Å². The molecule has 0 aliphatic carbocycles. The Bertz CT molecular complexity index is 560. The lowest BCUT2D eigenvalue weighted by Gasteiger charge is -2.21. The number of nitrogens with zero attached hydrogens (tertiary/aromatic N) is 1. The molecular weight excluding hydrogens is 279 g/mol. The molecule has 114 valence electrons. The second-order valence-corrected chi connectivity index (χ2v) is 4.55. The zero-order valence-corrected chi connectivity index (χ0v) is 11.6. The average molecular weight is 296 g/mol. The van der Waals surface area contributed by atoms with Crippen molar-refractivity contribution in [2.45, 2.75) is 19.8 Å². The third-order valence-electron chi connectivity index (χ3n) is 2.86. The summed E-state index contributed by atoms with van der Waals surface area (Å²) in [5.74, 6) is -3.60. The zero-order chi connectivity index (χ0) is 16.0. The summed E-state index contributed by atoms with van der Waals surface area (Å²) in [6, 6.07) is 3.01. The molecule has 7 heteroatoms. The van der Waals surface area contributed by atoms with Gasteiger partial charge in [-0.25, -0.2) is 9.18 Å². The maximum absolute atomic E-state index is 13.9. The first-order chi connectivity index (χ1) is 9.86. The van der Waals surface area contributed by atoms with Crippen LogP contribution in [0.2, 0.25) is 0 Å². The van der Waals surface area contributed by atoms with E-state index in [1.807, 2.05) is 6.92 Å². The molecule has 2 amide bonds. The maximum atomic E-state index is 13.9. The Labute approximate surface area is 121 Å². The van der Waals surface area contributed by atoms with E-state index < -0.39 is 23.6 Å². The fourth-order valence-electron chi connectivity index (χ4n) is 1.78. The van der Waals surface area contributed by atoms with Gasteiger partial charge in [-0.05, 0) is 24.6 Å². The molecule has 0 fully saturated rings. The predicted octanol–water partition coefficient (Wildman–Crippen LogP) is 1.25. The van der Waals surface area contributed by atoms with Gasteiger partial charge in [0, 0.05) is 6.54 Å². The first kappa shape index (κ1) is 16.6. The lowest BCUT2D eigenvalue weighted by molar-refractivity contribution is -0.118. The number of amides is 2. The minimum Gasteiger partial charge on any atom is -0.478 e. The summed E-state index contributed by atoms with van der Waals surface area (Å²) in [6.45, 7) is 1.88. The Morgan fingerprint density at radius 2 is 2.00 bits per heavy atom. The molecule has 21 heavy (non-hydrogen) atoms. The van der Waals surface area contributed by atoms with E-state index in [1.54, 1.807) is 0 Å². The molecule has 1 aromatic rings. The number of nitrogens with two attached hydrogens (primary N) is 1. The van der Waals surface area contributed by atoms with Gasteiger partial charge in [0.05, 0.1) is 17.7 Å². The van der Waals surface area contributed by atoms with E-state index in [9.17, 15) is 18.8 Å². The fraction of sp³-hybridized carbons (Fsp3) is 0.357. The molecule has 3 N–H and O–H groups in total. The normalized spacial score (nSPS) is 10.2. The maximum Gasteiger partial charge on any atom is 0.335 e. The smallest absolute Gasteiger partial charge is 0.335 e. The number of carbonyl (C=O) groups excluding carboxylic acids is 2. The molecule has 0 aliphatic heterocycles. The molecule has 0 aromatic heterocycles. The number of hydrogen-bond donors (Lipinski definition) is 2. The van der Waals surface area contributed by atoms with Crippen LogP contribution in [0.3, 0.4) is 0 Å². The minimum absolute atomic E-state index is 0.251. The number of halogens is 1. The van der Waals surface area contributed by atoms with Crippen molar-refractivity contribution < 1.29 is 23.9 Å². The summed E-state index contributed by atoms with van der Waals surface area (Å²) in [5, 5.41) is 8.76. The molecular formula is C14H17FN2O4. The summed E-state index contributed by atoms with van der Waals surface area (Å²) >= 11 is 0. The first-order valence-electron chi connectivity index (χ1n) is 6.47. The van der Waals surface area contributed by atoms with Crippen LogP contribution in [0.4, 0.5) is 4.39 Å². The van der Waals surface area contributed by atoms with Gasteiger partial charge in [-0.1, -0.05) is 13.3 Å². The van der Waals surface area contributed by atoms with E-state index in [-0.39, 0.29) is 24.2 Å². The Kier molecular flexibility index (Phi) is 5.83. The minimum atomic E-state index is -1.28. The molecule has 0 bridgehead atoms. The molecule has 1 aromatic carbocycles. The van der Waals surface area contributed by atoms with Crippen molar-refractivity contribution in [1.82, 2.24) is 4.90 Å². The molecule has 0 atom stereocenters. The molecule has 6 nitrogen and oxygen atoms in total. The molecule has 0 saturated heterocycles. The highest BCUT2D eigenvalue weighted by atomic mass is 19.1. The van der Waals surface area contributed by atoms with Gasteiger partial charge in [0.25, 0.3) is 5.91 Å². The number of carbonyl (C=O) groups is 3. The van der Waals surface area contributed by atoms with Crippen LogP contribution in [0.1, 0.15) is 40.5 Å². The van der Waals surface area contributed by atoms with E-state index in [2.05, 4.69) is 0 Å². The van der Waals surface area contributed by atoms with Crippen molar-refractivity contribution in [2.75, 3.05) is 13.1 Å². The molecule has 0 unspecified atom stereocenters. The third-order valence-corrected chi connectivity index (χ3v) is 2.86. The second kappa shape index (κ2) is 7.37. The largest absolute Gasteiger partial charge is 0.478 e. The van der Waals surface area contributed by atoms with Crippen molar-refractivity contribution >= 4 is 17.8 Å². The van der Waals surface area contributed by atoms with E-state index in [0.29, 0.717) is 6.42 Å². The van der Waals surface area contributed by atoms with Crippen LogP contribution in [0, 0.1) is 5.82 Å². The quantitative estimate of drug-likeness (QED) is 0.790. The topological polar surface area (TPSA) is 101 Å². The highest BCUT2D eigenvalue weighted by Crippen LogP contribution is 2.14. The Hall–Kier alpha value is -2.44. The molecule has 0 radical (unpaired) electrons. The van der Waals surface area contributed by atoms with Crippen LogP contribution < -0.4 is 5.73 Å². The van der Waals surface area contributed by atoms with E-state index in [0.717, 1.165) is 29.5 Å². The van der Waals surface area contributed by atoms with Gasteiger partial charge < -0.3 is 15.7 Å². The van der Waals surface area contributed by atoms with Gasteiger partial charge in [-0.3, -0.25) is 9.59 Å². The van der Waals surface area contributed by atoms with Gasteiger partial charge in [0.2, 0.25) is 5.91 Å². The van der Waals surface area contributed by atoms with Crippen molar-refractivity contribution in [2.24, 2.45) is 5.73 Å². The predicted molar refractivity (Wildman–Crippen MR) is 73.4 cm³/mol. The third kappa shape index (κ3) is 4.55. The summed E-state index contributed by atoms with van der Waals surface area (Å²) < 4.78 is 13.9. The first-order valence-corrected chi connectivity index (χ1v) is 6.47. The number of primary amides is 1. The molecule has 1 rings (SSSR count). The molecule has 0 heterocycles. The van der Waals surface area contributed by atoms with E-state index >= 15 is 0 Å². The van der Waals surface area contributed by atoms with Gasteiger partial charge in [-0.15, -0.1) is 0 Å². The van der Waals surface area contributed by atoms with Crippen molar-refractivity contribution in [3.63, 3.8) is 0 Å². The van der Waals surface area contributed by atoms with Crippen LogP contribution in [0.15, 0.2) is 18.2 Å². The van der Waals surface area contributed by atoms with Gasteiger partial charge in [0.1, 0.15) is 5.82 Å². The Morgan fingerprint density at radius 1 is 1.33 bits per heavy atom. The number of carboxylic acids is 1. The highest BCUT2D eigenvalue weighted by Gasteiger charge is 2.21. The van der Waals surface area contributed by atoms with Crippen molar-refractivity contribution in [3.8, 4) is 0 Å². The number of hydrogen-bond acceptors (Lipinski definition) is 3. The Balaban J connectivity index is 3.02. The summed E-state index contributed by atoms with van der Waals surface area (Å²) in [6.07, 6.45) is 1.44. The fourth-order valence-corrected chi connectivity index (χ4v) is 1.78. The number of carboxylic acid groups (broad SMARTS) is 1. The molecule has 0 aliphatic rings. The average Bonchev–Trinajstić information content (AvgIpc) is 2.42. The zero-order valence-electron chi connectivity index (χ0n) is 11.6. The monoisotopic (exact) mass is 296 g/mol. The lowest BCUT2D eigenvalue weighted by atomic mass is 10.1. The number of benzene rings is 1. The molecule has 0 saturated carbocycles. The van der Waals surface area contributed by atoms with Gasteiger partial charge in [-0.2, -0.15) is 0 Å². The van der Waals surface area contributed by atoms with Crippen LogP contribution in [0.5, 0.6) is 0 Å². The highest BCUT2D eigenvalue weighted by molar-refractivity contribution is 5.97. The summed E-state index contributed by atoms with van der Waals surface area (Å²) in [7, 11) is 0. The molecule has 0 spiro atoms. The SMILES string of the molecule is CCCCN(CC(N)=O)C(=O)c1ccc(C(=O)O)cc1F. The van der Waals surface area contributed by atoms with Crippen LogP contribution in [-0.2, 0) is 4.79 Å². The van der Waals surface area contributed by atoms with Crippen molar-refractivity contribution in [3.05, 3.63) is 35.1 Å². The van der Waals surface area contributed by atoms with E-state index in [4.69, 9.17) is 10.8 Å². The van der Waals surface area contributed by atoms with Crippen LogP contribution in [-0.4, -0.2) is 40.9 Å². The van der Waals surface area contributed by atoms with Crippen LogP contribution >= 0.6 is 0 Å². The van der Waals surface area contributed by atoms with Crippen LogP contribution in [0.25, 0.3) is 0 Å². The number of unbranched alkanes of at least 4 members (excludes halogenated alkanes) is 1. The lowest BCUT2D eigenvalue weighted by Crippen LogP contribution is -2.39. The van der Waals surface area contributed by atoms with E-state index in [1.165, 1.54) is 0 Å². The number of rotatable bonds is 7. The van der Waals surface area contributed by atoms with Crippen molar-refractivity contribution in [1.29, 1.82) is 0 Å². The Morgan fingerprint density at radius 3 is 2.48 bits per heavy atom. The standard InChI is InChI=1S/C14H17FN2O4/c1-2-3-6-17(8-12(16)18)13(19)10-5-4-9(14(20)21)7-11(10)15/h4-5,7H,2-3,6,8H2,1H3,(H2,16,18)(H,20,21). The number of aromatic carboxylic acids is 1. The summed E-state index contributed by atoms with van der Waals surface area (Å²) in [4.78, 5) is 35.1. The second-order valence-electron chi connectivity index (χ2n) is 4.55. The summed E-state index contributed by atoms with van der Waals surface area (Å²) in [5.41, 5.74) is 4.55.